The summed E-state index contributed by atoms with van der Waals surface area (Å²) in [7, 11) is 0. The minimum absolute atomic E-state index is 0.0193. The number of nitrogens with one attached hydrogen (secondary N) is 1. The lowest BCUT2D eigenvalue weighted by atomic mass is 10.2. The molecule has 29 heavy (non-hydrogen) atoms. The minimum atomic E-state index is -2.93. The Balaban J connectivity index is 1.62. The molecule has 0 unspecified atom stereocenters. The van der Waals surface area contributed by atoms with E-state index in [0.29, 0.717) is 11.6 Å². The highest BCUT2D eigenvalue weighted by Crippen LogP contribution is 2.24. The molecule has 1 aromatic heterocycles. The number of benzene rings is 2. The number of nitrogen functional groups attached to an aromatic ring is 1. The number of halogens is 4. The Morgan fingerprint density at radius 3 is 2.41 bits per heavy atom. The molecule has 12 heteroatoms. The van der Waals surface area contributed by atoms with Crippen LogP contribution in [0.3, 0.4) is 0 Å². The second kappa shape index (κ2) is 8.82. The molecule has 0 saturated carbocycles. The molecule has 0 aliphatic heterocycles. The maximum absolute atomic E-state index is 13.2. The topological polar surface area (TPSA) is 95.1 Å². The molecule has 1 heterocycles. The largest absolute Gasteiger partial charge is 0.435 e. The van der Waals surface area contributed by atoms with Crippen molar-refractivity contribution in [1.29, 1.82) is 0 Å². The fraction of sp³-hybridized carbons (Fsp3) is 0.118. The molecule has 7 nitrogen and oxygen atoms in total. The summed E-state index contributed by atoms with van der Waals surface area (Å²) in [5.41, 5.74) is 0.474. The normalized spacial score (nSPS) is 10.9. The molecule has 0 bridgehead atoms. The monoisotopic (exact) mass is 427 g/mol. The van der Waals surface area contributed by atoms with Gasteiger partial charge in [-0.1, -0.05) is 11.8 Å². The molecular weight excluding hydrogens is 414 g/mol. The van der Waals surface area contributed by atoms with Gasteiger partial charge < -0.3 is 15.9 Å². The first kappa shape index (κ1) is 20.5. The Morgan fingerprint density at radius 1 is 1.14 bits per heavy atom. The first-order chi connectivity index (χ1) is 13.8. The van der Waals surface area contributed by atoms with Crippen molar-refractivity contribution in [3.05, 3.63) is 54.1 Å². The van der Waals surface area contributed by atoms with E-state index in [1.807, 2.05) is 0 Å². The Hall–Kier alpha value is -3.28. The van der Waals surface area contributed by atoms with Crippen molar-refractivity contribution in [2.45, 2.75) is 11.8 Å². The van der Waals surface area contributed by atoms with Crippen LogP contribution in [0.5, 0.6) is 5.75 Å². The molecule has 3 aromatic rings. The highest BCUT2D eigenvalue weighted by Gasteiger charge is 2.15. The van der Waals surface area contributed by atoms with Gasteiger partial charge in [-0.15, -0.1) is 10.2 Å². The number of carbonyl (C=O) groups excluding carboxylic acids is 1. The van der Waals surface area contributed by atoms with Crippen LogP contribution in [0.25, 0.3) is 11.4 Å². The number of carbonyl (C=O) groups is 1. The van der Waals surface area contributed by atoms with Gasteiger partial charge in [0.1, 0.15) is 17.4 Å². The number of thioether (sulfide) groups is 1. The number of hydrogen-bond acceptors (Lipinski definition) is 6. The van der Waals surface area contributed by atoms with Crippen LogP contribution in [0, 0.1) is 11.6 Å². The summed E-state index contributed by atoms with van der Waals surface area (Å²) in [6.07, 6.45) is 0. The lowest BCUT2D eigenvalue weighted by molar-refractivity contribution is -0.113. The van der Waals surface area contributed by atoms with Crippen LogP contribution in [0.4, 0.5) is 23.2 Å². The second-order valence-corrected chi connectivity index (χ2v) is 6.52. The molecule has 3 N–H and O–H groups in total. The number of anilines is 1. The zero-order chi connectivity index (χ0) is 21.0. The fourth-order valence-corrected chi connectivity index (χ4v) is 2.97. The maximum Gasteiger partial charge on any atom is 0.387 e. The van der Waals surface area contributed by atoms with Gasteiger partial charge in [0.25, 0.3) is 0 Å². The highest BCUT2D eigenvalue weighted by molar-refractivity contribution is 7.99. The van der Waals surface area contributed by atoms with E-state index in [0.717, 1.165) is 28.6 Å². The van der Waals surface area contributed by atoms with Gasteiger partial charge in [0.15, 0.2) is 5.82 Å². The average Bonchev–Trinajstić information content (AvgIpc) is 3.00. The number of ether oxygens (including phenoxy) is 1. The van der Waals surface area contributed by atoms with Gasteiger partial charge in [0.05, 0.1) is 5.75 Å². The maximum atomic E-state index is 13.2. The van der Waals surface area contributed by atoms with Crippen molar-refractivity contribution in [3.63, 3.8) is 0 Å². The lowest BCUT2D eigenvalue weighted by Gasteiger charge is -2.07. The number of aromatic nitrogens is 3. The summed E-state index contributed by atoms with van der Waals surface area (Å²) in [5, 5.41) is 10.3. The zero-order valence-corrected chi connectivity index (χ0v) is 15.3. The highest BCUT2D eigenvalue weighted by atomic mass is 32.2. The molecule has 0 atom stereocenters. The summed E-state index contributed by atoms with van der Waals surface area (Å²) in [5.74, 6) is 3.83. The van der Waals surface area contributed by atoms with Crippen molar-refractivity contribution in [3.8, 4) is 17.1 Å². The van der Waals surface area contributed by atoms with E-state index in [4.69, 9.17) is 5.84 Å². The molecule has 0 aliphatic carbocycles. The van der Waals surface area contributed by atoms with Crippen molar-refractivity contribution in [2.75, 3.05) is 16.9 Å². The third-order valence-corrected chi connectivity index (χ3v) is 4.42. The van der Waals surface area contributed by atoms with E-state index in [1.54, 1.807) is 0 Å². The number of amides is 1. The molecule has 2 aromatic carbocycles. The predicted molar refractivity (Wildman–Crippen MR) is 98.0 cm³/mol. The quantitative estimate of drug-likeness (QED) is 0.341. The lowest BCUT2D eigenvalue weighted by Crippen LogP contribution is -2.16. The second-order valence-electron chi connectivity index (χ2n) is 5.57. The summed E-state index contributed by atoms with van der Waals surface area (Å²) in [6, 6.07) is 8.26. The molecule has 0 radical (unpaired) electrons. The minimum Gasteiger partial charge on any atom is -0.435 e. The number of hydrogen-bond donors (Lipinski definition) is 2. The van der Waals surface area contributed by atoms with Crippen LogP contribution in [-0.2, 0) is 4.79 Å². The molecule has 0 fully saturated rings. The molecule has 3 rings (SSSR count). The van der Waals surface area contributed by atoms with Crippen LogP contribution in [0.15, 0.2) is 47.6 Å². The van der Waals surface area contributed by atoms with Gasteiger partial charge in [-0.25, -0.2) is 13.5 Å². The Labute approximate surface area is 165 Å². The Kier molecular flexibility index (Phi) is 6.22. The molecule has 0 spiro atoms. The third kappa shape index (κ3) is 5.38. The van der Waals surface area contributed by atoms with Gasteiger partial charge >= 0.3 is 6.61 Å². The van der Waals surface area contributed by atoms with Gasteiger partial charge in [0, 0.05) is 17.3 Å². The number of alkyl halides is 2. The van der Waals surface area contributed by atoms with Crippen LogP contribution < -0.4 is 15.9 Å². The van der Waals surface area contributed by atoms with Gasteiger partial charge in [-0.2, -0.15) is 8.78 Å². The summed E-state index contributed by atoms with van der Waals surface area (Å²) < 4.78 is 56.1. The van der Waals surface area contributed by atoms with E-state index < -0.39 is 24.2 Å². The van der Waals surface area contributed by atoms with E-state index in [-0.39, 0.29) is 28.2 Å². The van der Waals surface area contributed by atoms with Gasteiger partial charge in [0.2, 0.25) is 11.1 Å². The molecule has 0 aliphatic rings. The number of nitrogens with zero attached hydrogens (tertiary/aromatic N) is 3. The van der Waals surface area contributed by atoms with Crippen LogP contribution >= 0.6 is 11.8 Å². The van der Waals surface area contributed by atoms with Crippen molar-refractivity contribution < 1.29 is 27.1 Å². The molecular formula is C17H13F4N5O2S. The van der Waals surface area contributed by atoms with Gasteiger partial charge in [-0.05, 0) is 36.4 Å². The van der Waals surface area contributed by atoms with Gasteiger partial charge in [-0.3, -0.25) is 4.79 Å². The van der Waals surface area contributed by atoms with Crippen LogP contribution in [-0.4, -0.2) is 33.1 Å². The molecule has 0 saturated heterocycles. The van der Waals surface area contributed by atoms with E-state index >= 15 is 0 Å². The van der Waals surface area contributed by atoms with Crippen LogP contribution in [0.1, 0.15) is 0 Å². The summed E-state index contributed by atoms with van der Waals surface area (Å²) >= 11 is 0.951. The SMILES string of the molecule is Nn1c(SCC(=O)Nc2cc(F)cc(F)c2)nnc1-c1ccc(OC(F)F)cc1. The molecule has 152 valence electrons. The fourth-order valence-electron chi connectivity index (χ4n) is 2.31. The van der Waals surface area contributed by atoms with Crippen molar-refractivity contribution >= 4 is 23.4 Å². The smallest absolute Gasteiger partial charge is 0.387 e. The van der Waals surface area contributed by atoms with Crippen LogP contribution in [0.2, 0.25) is 0 Å². The summed E-state index contributed by atoms with van der Waals surface area (Å²) in [4.78, 5) is 12.0. The Morgan fingerprint density at radius 2 is 1.79 bits per heavy atom. The van der Waals surface area contributed by atoms with Crippen molar-refractivity contribution in [2.24, 2.45) is 0 Å². The Bertz CT molecular complexity index is 993. The first-order valence-corrected chi connectivity index (χ1v) is 8.95. The first-order valence-electron chi connectivity index (χ1n) is 7.96. The van der Waals surface area contributed by atoms with E-state index in [9.17, 15) is 22.4 Å². The zero-order valence-electron chi connectivity index (χ0n) is 14.5. The standard InChI is InChI=1S/C17H13F4N5O2S/c18-10-5-11(19)7-12(6-10)23-14(27)8-29-17-25-24-15(26(17)22)9-1-3-13(4-2-9)28-16(20)21/h1-7,16H,8,22H2,(H,23,27). The predicted octanol–water partition coefficient (Wildman–Crippen LogP) is 3.27. The van der Waals surface area contributed by atoms with E-state index in [1.165, 1.54) is 24.3 Å². The van der Waals surface area contributed by atoms with E-state index in [2.05, 4.69) is 20.3 Å². The number of nitrogens with two attached hydrogens (primary N) is 1. The number of rotatable bonds is 7. The third-order valence-electron chi connectivity index (χ3n) is 3.48. The molecule has 1 amide bonds. The summed E-state index contributed by atoms with van der Waals surface area (Å²) in [6.45, 7) is -2.93. The average molecular weight is 427 g/mol. The van der Waals surface area contributed by atoms with Crippen molar-refractivity contribution in [1.82, 2.24) is 14.9 Å².